The van der Waals surface area contributed by atoms with Crippen molar-refractivity contribution in [3.63, 3.8) is 0 Å². The molecule has 8 heteroatoms. The first kappa shape index (κ1) is 17.3. The Labute approximate surface area is 159 Å². The zero-order valence-electron chi connectivity index (χ0n) is 14.4. The number of hydrogen-bond acceptors (Lipinski definition) is 5. The Morgan fingerprint density at radius 3 is 3.04 bits per heavy atom. The molecule has 3 N–H and O–H groups in total. The molecule has 0 aliphatic carbocycles. The third-order valence-corrected chi connectivity index (χ3v) is 5.28. The normalized spacial score (nSPS) is 15.9. The van der Waals surface area contributed by atoms with Crippen LogP contribution in [0.25, 0.3) is 0 Å². The molecule has 1 aromatic carbocycles. The number of benzene rings is 1. The predicted octanol–water partition coefficient (Wildman–Crippen LogP) is 2.33. The predicted molar refractivity (Wildman–Crippen MR) is 102 cm³/mol. The van der Waals surface area contributed by atoms with Crippen molar-refractivity contribution in [2.24, 2.45) is 5.73 Å². The first-order valence-electron chi connectivity index (χ1n) is 8.49. The maximum atomic E-state index is 12.3. The molecule has 0 saturated carbocycles. The van der Waals surface area contributed by atoms with E-state index >= 15 is 0 Å². The maximum absolute atomic E-state index is 12.3. The molecule has 3 aromatic rings. The standard InChI is InChI=1S/C19H18N4O3S/c20-17(24)11-26-13-4-1-3-12(7-13)15-8-18(25)22-19-16(15)9-21-23(19)10-14-5-2-6-27-14/h1-7,9,15H,8,10-11H2,(H2,20,24)(H,22,25). The Morgan fingerprint density at radius 1 is 1.37 bits per heavy atom. The van der Waals surface area contributed by atoms with Gasteiger partial charge in [-0.1, -0.05) is 18.2 Å². The number of hydrogen-bond donors (Lipinski definition) is 2. The molecule has 0 fully saturated rings. The summed E-state index contributed by atoms with van der Waals surface area (Å²) in [6.07, 6.45) is 2.14. The molecule has 138 valence electrons. The van der Waals surface area contributed by atoms with Gasteiger partial charge >= 0.3 is 0 Å². The van der Waals surface area contributed by atoms with Gasteiger partial charge in [-0.2, -0.15) is 5.10 Å². The zero-order valence-corrected chi connectivity index (χ0v) is 15.2. The van der Waals surface area contributed by atoms with Gasteiger partial charge in [0.15, 0.2) is 6.61 Å². The van der Waals surface area contributed by atoms with Crippen molar-refractivity contribution in [3.05, 3.63) is 64.0 Å². The van der Waals surface area contributed by atoms with Crippen molar-refractivity contribution in [1.29, 1.82) is 0 Å². The molecule has 2 amide bonds. The molecule has 7 nitrogen and oxygen atoms in total. The van der Waals surface area contributed by atoms with Crippen LogP contribution in [0.4, 0.5) is 5.82 Å². The summed E-state index contributed by atoms with van der Waals surface area (Å²) in [5.41, 5.74) is 7.04. The molecule has 1 aliphatic rings. The van der Waals surface area contributed by atoms with Crippen molar-refractivity contribution in [1.82, 2.24) is 9.78 Å². The van der Waals surface area contributed by atoms with Gasteiger partial charge in [-0.25, -0.2) is 4.68 Å². The molecule has 1 unspecified atom stereocenters. The van der Waals surface area contributed by atoms with Crippen LogP contribution < -0.4 is 15.8 Å². The Hall–Kier alpha value is -3.13. The van der Waals surface area contributed by atoms with E-state index in [1.807, 2.05) is 46.6 Å². The fraction of sp³-hybridized carbons (Fsp3) is 0.211. The second-order valence-electron chi connectivity index (χ2n) is 6.32. The smallest absolute Gasteiger partial charge is 0.255 e. The highest BCUT2D eigenvalue weighted by atomic mass is 32.1. The van der Waals surface area contributed by atoms with Gasteiger partial charge in [-0.15, -0.1) is 11.3 Å². The number of carbonyl (C=O) groups excluding carboxylic acids is 2. The SMILES string of the molecule is NC(=O)COc1cccc(C2CC(=O)Nc3c2cnn3Cc2cccs2)c1. The highest BCUT2D eigenvalue weighted by Crippen LogP contribution is 2.38. The van der Waals surface area contributed by atoms with Crippen molar-refractivity contribution < 1.29 is 14.3 Å². The number of amides is 2. The molecule has 2 aromatic heterocycles. The lowest BCUT2D eigenvalue weighted by Crippen LogP contribution is -2.25. The van der Waals surface area contributed by atoms with Crippen LogP contribution in [-0.2, 0) is 16.1 Å². The molecule has 27 heavy (non-hydrogen) atoms. The number of primary amides is 1. The van der Waals surface area contributed by atoms with E-state index in [9.17, 15) is 9.59 Å². The van der Waals surface area contributed by atoms with Gasteiger partial charge in [-0.3, -0.25) is 9.59 Å². The maximum Gasteiger partial charge on any atom is 0.255 e. The topological polar surface area (TPSA) is 99.2 Å². The summed E-state index contributed by atoms with van der Waals surface area (Å²) in [7, 11) is 0. The summed E-state index contributed by atoms with van der Waals surface area (Å²) in [6.45, 7) is 0.431. The first-order valence-corrected chi connectivity index (χ1v) is 9.37. The number of rotatable bonds is 6. The number of fused-ring (bicyclic) bond motifs is 1. The number of nitrogens with one attached hydrogen (secondary N) is 1. The van der Waals surface area contributed by atoms with Gasteiger partial charge in [0.25, 0.3) is 5.91 Å². The van der Waals surface area contributed by atoms with Crippen molar-refractivity contribution in [3.8, 4) is 5.75 Å². The van der Waals surface area contributed by atoms with E-state index in [-0.39, 0.29) is 18.4 Å². The van der Waals surface area contributed by atoms with E-state index < -0.39 is 5.91 Å². The second-order valence-corrected chi connectivity index (χ2v) is 7.35. The van der Waals surface area contributed by atoms with Crippen molar-refractivity contribution in [2.75, 3.05) is 11.9 Å². The van der Waals surface area contributed by atoms with E-state index in [1.165, 1.54) is 4.88 Å². The molecule has 1 aliphatic heterocycles. The van der Waals surface area contributed by atoms with Gasteiger partial charge in [0.2, 0.25) is 5.91 Å². The molecule has 1 atom stereocenters. The molecular formula is C19H18N4O3S. The fourth-order valence-corrected chi connectivity index (χ4v) is 3.90. The van der Waals surface area contributed by atoms with E-state index in [0.717, 1.165) is 16.9 Å². The average molecular weight is 382 g/mol. The summed E-state index contributed by atoms with van der Waals surface area (Å²) in [6, 6.07) is 11.4. The molecule has 0 spiro atoms. The van der Waals surface area contributed by atoms with Crippen molar-refractivity contribution in [2.45, 2.75) is 18.9 Å². The summed E-state index contributed by atoms with van der Waals surface area (Å²) >= 11 is 1.65. The lowest BCUT2D eigenvalue weighted by molar-refractivity contribution is -0.120. The van der Waals surface area contributed by atoms with Crippen LogP contribution in [0.1, 0.15) is 28.3 Å². The number of nitrogens with zero attached hydrogens (tertiary/aromatic N) is 2. The first-order chi connectivity index (χ1) is 13.1. The van der Waals surface area contributed by atoms with Crippen LogP contribution in [-0.4, -0.2) is 28.2 Å². The molecule has 0 bridgehead atoms. The summed E-state index contributed by atoms with van der Waals surface area (Å²) in [5.74, 6) is 0.569. The number of anilines is 1. The number of thiophene rings is 1. The Balaban J connectivity index is 1.64. The highest BCUT2D eigenvalue weighted by Gasteiger charge is 2.30. The highest BCUT2D eigenvalue weighted by molar-refractivity contribution is 7.09. The van der Waals surface area contributed by atoms with Crippen LogP contribution in [0.15, 0.2) is 48.0 Å². The third kappa shape index (κ3) is 3.70. The van der Waals surface area contributed by atoms with E-state index in [0.29, 0.717) is 18.7 Å². The summed E-state index contributed by atoms with van der Waals surface area (Å²) in [5, 5.41) is 9.45. The van der Waals surface area contributed by atoms with Crippen molar-refractivity contribution >= 4 is 29.0 Å². The van der Waals surface area contributed by atoms with Gasteiger partial charge in [-0.05, 0) is 29.1 Å². The Kier molecular flexibility index (Phi) is 4.64. The second kappa shape index (κ2) is 7.24. The summed E-state index contributed by atoms with van der Waals surface area (Å²) in [4.78, 5) is 24.4. The number of carbonyl (C=O) groups is 2. The molecule has 0 saturated heterocycles. The van der Waals surface area contributed by atoms with E-state index in [2.05, 4.69) is 10.4 Å². The van der Waals surface area contributed by atoms with Gasteiger partial charge in [0.1, 0.15) is 11.6 Å². The zero-order chi connectivity index (χ0) is 18.8. The van der Waals surface area contributed by atoms with Crippen LogP contribution >= 0.6 is 11.3 Å². The molecule has 0 radical (unpaired) electrons. The molecule has 4 rings (SSSR count). The number of ether oxygens (including phenoxy) is 1. The van der Waals surface area contributed by atoms with Gasteiger partial charge in [0, 0.05) is 22.8 Å². The summed E-state index contributed by atoms with van der Waals surface area (Å²) < 4.78 is 7.21. The number of nitrogens with two attached hydrogens (primary N) is 1. The Morgan fingerprint density at radius 2 is 2.26 bits per heavy atom. The largest absolute Gasteiger partial charge is 0.484 e. The van der Waals surface area contributed by atoms with Gasteiger partial charge in [0.05, 0.1) is 12.7 Å². The van der Waals surface area contributed by atoms with Crippen LogP contribution in [0.3, 0.4) is 0 Å². The molecule has 3 heterocycles. The van der Waals surface area contributed by atoms with E-state index in [1.54, 1.807) is 17.4 Å². The van der Waals surface area contributed by atoms with Crippen LogP contribution in [0, 0.1) is 0 Å². The monoisotopic (exact) mass is 382 g/mol. The minimum atomic E-state index is -0.533. The van der Waals surface area contributed by atoms with Crippen LogP contribution in [0.2, 0.25) is 0 Å². The quantitative estimate of drug-likeness (QED) is 0.683. The van der Waals surface area contributed by atoms with Gasteiger partial charge < -0.3 is 15.8 Å². The molecular weight excluding hydrogens is 364 g/mol. The average Bonchev–Trinajstić information content (AvgIpc) is 3.30. The third-order valence-electron chi connectivity index (χ3n) is 4.42. The van der Waals surface area contributed by atoms with E-state index in [4.69, 9.17) is 10.5 Å². The lowest BCUT2D eigenvalue weighted by atomic mass is 9.87. The minimum absolute atomic E-state index is 0.0520. The number of aromatic nitrogens is 2. The lowest BCUT2D eigenvalue weighted by Gasteiger charge is -2.24. The van der Waals surface area contributed by atoms with Crippen LogP contribution in [0.5, 0.6) is 5.75 Å². The Bertz CT molecular complexity index is 981. The fourth-order valence-electron chi connectivity index (χ4n) is 3.21. The minimum Gasteiger partial charge on any atom is -0.484 e.